The monoisotopic (exact) mass is 406 g/mol. The normalized spacial score (nSPS) is 13.5. The van der Waals surface area contributed by atoms with E-state index in [-0.39, 0.29) is 18.1 Å². The number of hydrogen-bond donors (Lipinski definition) is 1. The number of rotatable bonds is 3. The quantitative estimate of drug-likeness (QED) is 0.473. The van der Waals surface area contributed by atoms with Gasteiger partial charge in [0.05, 0.1) is 34.7 Å². The van der Waals surface area contributed by atoms with E-state index in [4.69, 9.17) is 9.72 Å². The standard InChI is InChI=1S/C21H14N2O3S2/c1-26-15-6-3-2-5-11(15)12-9-13(16-7-4-8-27-16)22-21-18(12)19-20(28-21)14(24)10-17(25)23-19/h2-9H,10H2,1H3,(H,23,25). The minimum atomic E-state index is -0.287. The Morgan fingerprint density at radius 2 is 1.96 bits per heavy atom. The van der Waals surface area contributed by atoms with Gasteiger partial charge in [0.2, 0.25) is 5.91 Å². The number of carbonyl (C=O) groups is 2. The lowest BCUT2D eigenvalue weighted by molar-refractivity contribution is -0.115. The molecule has 4 aromatic rings. The van der Waals surface area contributed by atoms with Crippen LogP contribution >= 0.6 is 22.7 Å². The van der Waals surface area contributed by atoms with Crippen LogP contribution in [-0.2, 0) is 4.79 Å². The summed E-state index contributed by atoms with van der Waals surface area (Å²) in [6.45, 7) is 0. The van der Waals surface area contributed by atoms with Crippen LogP contribution in [0.1, 0.15) is 16.1 Å². The van der Waals surface area contributed by atoms with Gasteiger partial charge in [-0.2, -0.15) is 0 Å². The molecule has 1 aromatic carbocycles. The van der Waals surface area contributed by atoms with E-state index in [9.17, 15) is 9.59 Å². The van der Waals surface area contributed by atoms with Gasteiger partial charge in [-0.25, -0.2) is 4.98 Å². The van der Waals surface area contributed by atoms with Crippen LogP contribution in [0.4, 0.5) is 5.69 Å². The number of para-hydroxylation sites is 1. The number of benzene rings is 1. The van der Waals surface area contributed by atoms with E-state index in [1.54, 1.807) is 18.4 Å². The van der Waals surface area contributed by atoms with Gasteiger partial charge in [-0.3, -0.25) is 9.59 Å². The van der Waals surface area contributed by atoms with Crippen molar-refractivity contribution in [1.29, 1.82) is 0 Å². The Bertz CT molecular complexity index is 1240. The molecule has 1 N–H and O–H groups in total. The summed E-state index contributed by atoms with van der Waals surface area (Å²) in [5.74, 6) is 0.274. The molecule has 3 aromatic heterocycles. The van der Waals surface area contributed by atoms with Gasteiger partial charge < -0.3 is 10.1 Å². The zero-order valence-corrected chi connectivity index (χ0v) is 16.4. The second-order valence-corrected chi connectivity index (χ2v) is 8.31. The zero-order valence-electron chi connectivity index (χ0n) is 14.8. The number of anilines is 1. The van der Waals surface area contributed by atoms with Crippen LogP contribution in [0.25, 0.3) is 31.9 Å². The number of methoxy groups -OCH3 is 1. The molecule has 4 heterocycles. The molecule has 28 heavy (non-hydrogen) atoms. The van der Waals surface area contributed by atoms with Crippen molar-refractivity contribution in [2.24, 2.45) is 0 Å². The highest BCUT2D eigenvalue weighted by atomic mass is 32.1. The summed E-state index contributed by atoms with van der Waals surface area (Å²) in [6, 6.07) is 13.7. The minimum absolute atomic E-state index is 0.123. The summed E-state index contributed by atoms with van der Waals surface area (Å²) in [5, 5.41) is 5.68. The number of Topliss-reactive ketones (excluding diaryl/α,β-unsaturated/α-hetero) is 1. The van der Waals surface area contributed by atoms with E-state index >= 15 is 0 Å². The van der Waals surface area contributed by atoms with Crippen LogP contribution in [0.15, 0.2) is 47.8 Å². The van der Waals surface area contributed by atoms with E-state index in [2.05, 4.69) is 5.32 Å². The fraction of sp³-hybridized carbons (Fsp3) is 0.0952. The van der Waals surface area contributed by atoms with Gasteiger partial charge in [-0.05, 0) is 29.1 Å². The van der Waals surface area contributed by atoms with E-state index in [1.165, 1.54) is 11.3 Å². The fourth-order valence-electron chi connectivity index (χ4n) is 3.45. The Morgan fingerprint density at radius 3 is 2.75 bits per heavy atom. The third-order valence-corrected chi connectivity index (χ3v) is 6.69. The predicted octanol–water partition coefficient (Wildman–Crippen LogP) is 5.23. The number of fused-ring (bicyclic) bond motifs is 3. The summed E-state index contributed by atoms with van der Waals surface area (Å²) in [6.07, 6.45) is -0.123. The van der Waals surface area contributed by atoms with Crippen LogP contribution in [0.3, 0.4) is 0 Å². The smallest absolute Gasteiger partial charge is 0.232 e. The number of pyridine rings is 1. The molecule has 5 nitrogen and oxygen atoms in total. The van der Waals surface area contributed by atoms with Gasteiger partial charge in [-0.15, -0.1) is 22.7 Å². The van der Waals surface area contributed by atoms with Crippen LogP contribution in [0, 0.1) is 0 Å². The molecule has 1 aliphatic rings. The fourth-order valence-corrected chi connectivity index (χ4v) is 5.23. The summed E-state index contributed by atoms with van der Waals surface area (Å²) in [5.41, 5.74) is 3.18. The molecule has 7 heteroatoms. The van der Waals surface area contributed by atoms with E-state index in [1.807, 2.05) is 47.8 Å². The summed E-state index contributed by atoms with van der Waals surface area (Å²) < 4.78 is 5.57. The van der Waals surface area contributed by atoms with Gasteiger partial charge in [0, 0.05) is 10.9 Å². The molecule has 0 saturated heterocycles. The molecule has 0 atom stereocenters. The van der Waals surface area contributed by atoms with Gasteiger partial charge in [0.1, 0.15) is 10.6 Å². The third kappa shape index (κ3) is 2.63. The first-order valence-electron chi connectivity index (χ1n) is 8.63. The summed E-state index contributed by atoms with van der Waals surface area (Å²) in [4.78, 5) is 31.6. The Balaban J connectivity index is 1.88. The van der Waals surface area contributed by atoms with Crippen molar-refractivity contribution in [1.82, 2.24) is 4.98 Å². The number of ether oxygens (including phenoxy) is 1. The zero-order chi connectivity index (χ0) is 19.3. The molecule has 0 saturated carbocycles. The van der Waals surface area contributed by atoms with Crippen molar-refractivity contribution >= 4 is 50.3 Å². The number of carbonyl (C=O) groups excluding carboxylic acids is 2. The third-order valence-electron chi connectivity index (χ3n) is 4.67. The summed E-state index contributed by atoms with van der Waals surface area (Å²) in [7, 11) is 1.63. The largest absolute Gasteiger partial charge is 0.496 e. The molecule has 0 bridgehead atoms. The first kappa shape index (κ1) is 17.1. The molecule has 0 unspecified atom stereocenters. The first-order valence-corrected chi connectivity index (χ1v) is 10.3. The van der Waals surface area contributed by atoms with Crippen LogP contribution in [0.2, 0.25) is 0 Å². The van der Waals surface area contributed by atoms with Gasteiger partial charge in [0.15, 0.2) is 5.78 Å². The molecule has 1 aliphatic heterocycles. The Kier molecular flexibility index (Phi) is 3.99. The Morgan fingerprint density at radius 1 is 1.11 bits per heavy atom. The maximum Gasteiger partial charge on any atom is 0.232 e. The molecule has 0 fully saturated rings. The van der Waals surface area contributed by atoms with Crippen LogP contribution in [0.5, 0.6) is 5.75 Å². The SMILES string of the molecule is COc1ccccc1-c1cc(-c2cccs2)nc2sc3c(c12)NC(=O)CC3=O. The molecular weight excluding hydrogens is 392 g/mol. The number of aromatic nitrogens is 1. The lowest BCUT2D eigenvalue weighted by atomic mass is 9.98. The van der Waals surface area contributed by atoms with Crippen molar-refractivity contribution in [3.8, 4) is 27.4 Å². The van der Waals surface area contributed by atoms with Crippen molar-refractivity contribution in [3.63, 3.8) is 0 Å². The number of ketones is 1. The van der Waals surface area contributed by atoms with E-state index < -0.39 is 0 Å². The highest BCUT2D eigenvalue weighted by molar-refractivity contribution is 7.21. The second kappa shape index (κ2) is 6.54. The first-order chi connectivity index (χ1) is 13.7. The second-order valence-electron chi connectivity index (χ2n) is 6.37. The maximum atomic E-state index is 12.4. The molecular formula is C21H14N2O3S2. The highest BCUT2D eigenvalue weighted by Crippen LogP contribution is 2.46. The lowest BCUT2D eigenvalue weighted by Crippen LogP contribution is -2.22. The molecule has 5 rings (SSSR count). The Hall–Kier alpha value is -3.03. The molecule has 138 valence electrons. The van der Waals surface area contributed by atoms with Crippen molar-refractivity contribution in [3.05, 3.63) is 52.7 Å². The predicted molar refractivity (Wildman–Crippen MR) is 112 cm³/mol. The summed E-state index contributed by atoms with van der Waals surface area (Å²) >= 11 is 2.94. The maximum absolute atomic E-state index is 12.4. The van der Waals surface area contributed by atoms with Crippen LogP contribution < -0.4 is 10.1 Å². The average molecular weight is 406 g/mol. The molecule has 0 spiro atoms. The van der Waals surface area contributed by atoms with E-state index in [0.29, 0.717) is 10.6 Å². The van der Waals surface area contributed by atoms with Gasteiger partial charge >= 0.3 is 0 Å². The van der Waals surface area contributed by atoms with Gasteiger partial charge in [-0.1, -0.05) is 24.3 Å². The Labute approximate surface area is 168 Å². The lowest BCUT2D eigenvalue weighted by Gasteiger charge is -2.15. The van der Waals surface area contributed by atoms with E-state index in [0.717, 1.165) is 37.7 Å². The highest BCUT2D eigenvalue weighted by Gasteiger charge is 2.30. The number of thiophene rings is 2. The van der Waals surface area contributed by atoms with Gasteiger partial charge in [0.25, 0.3) is 0 Å². The number of nitrogens with zero attached hydrogens (tertiary/aromatic N) is 1. The van der Waals surface area contributed by atoms with Crippen molar-refractivity contribution in [2.75, 3.05) is 12.4 Å². The van der Waals surface area contributed by atoms with Crippen molar-refractivity contribution in [2.45, 2.75) is 6.42 Å². The number of amides is 1. The number of nitrogens with one attached hydrogen (secondary N) is 1. The van der Waals surface area contributed by atoms with Crippen LogP contribution in [-0.4, -0.2) is 23.8 Å². The van der Waals surface area contributed by atoms with Crippen molar-refractivity contribution < 1.29 is 14.3 Å². The number of hydrogen-bond acceptors (Lipinski definition) is 6. The minimum Gasteiger partial charge on any atom is -0.496 e. The molecule has 1 amide bonds. The molecule has 0 aliphatic carbocycles. The average Bonchev–Trinajstić information content (AvgIpc) is 3.35. The topological polar surface area (TPSA) is 68.3 Å². The molecule has 0 radical (unpaired) electrons.